The Kier molecular flexibility index (Phi) is 4.18. The number of hydrogen-bond acceptors (Lipinski definition) is 2. The first-order valence-electron chi connectivity index (χ1n) is 6.64. The van der Waals surface area contributed by atoms with Crippen LogP contribution in [-0.2, 0) is 9.59 Å². The van der Waals surface area contributed by atoms with Crippen LogP contribution >= 0.6 is 15.9 Å². The number of amides is 2. The van der Waals surface area contributed by atoms with Crippen LogP contribution in [0.2, 0.25) is 0 Å². The fraction of sp³-hybridized carbons (Fsp3) is 0.467. The molecule has 5 heteroatoms. The van der Waals surface area contributed by atoms with Crippen molar-refractivity contribution in [1.29, 1.82) is 0 Å². The van der Waals surface area contributed by atoms with Crippen LogP contribution in [0.3, 0.4) is 0 Å². The molecule has 0 aromatic heterocycles. The Morgan fingerprint density at radius 3 is 2.65 bits per heavy atom. The van der Waals surface area contributed by atoms with Crippen LogP contribution in [-0.4, -0.2) is 28.8 Å². The molecule has 0 saturated carbocycles. The summed E-state index contributed by atoms with van der Waals surface area (Å²) >= 11 is 3.37. The van der Waals surface area contributed by atoms with Crippen LogP contribution in [0.25, 0.3) is 0 Å². The molecule has 1 saturated heterocycles. The van der Waals surface area contributed by atoms with Gasteiger partial charge in [-0.1, -0.05) is 22.0 Å². The molecule has 1 heterocycles. The average Bonchev–Trinajstić information content (AvgIpc) is 2.71. The van der Waals surface area contributed by atoms with Gasteiger partial charge in [-0.05, 0) is 39.0 Å². The third-order valence-corrected chi connectivity index (χ3v) is 3.89. The number of nitrogens with zero attached hydrogens (tertiary/aromatic N) is 1. The van der Waals surface area contributed by atoms with Gasteiger partial charge in [0.2, 0.25) is 11.8 Å². The Hall–Kier alpha value is -1.36. The molecule has 0 unspecified atom stereocenters. The molecular formula is C15H19BrN2O2. The summed E-state index contributed by atoms with van der Waals surface area (Å²) in [7, 11) is 0. The first-order chi connectivity index (χ1) is 9.27. The maximum atomic E-state index is 12.2. The topological polar surface area (TPSA) is 49.4 Å². The summed E-state index contributed by atoms with van der Waals surface area (Å²) in [6, 6.07) is 7.44. The van der Waals surface area contributed by atoms with Crippen molar-refractivity contribution in [3.8, 4) is 0 Å². The van der Waals surface area contributed by atoms with Gasteiger partial charge in [-0.3, -0.25) is 9.59 Å². The average molecular weight is 339 g/mol. The fourth-order valence-electron chi connectivity index (χ4n) is 2.34. The molecule has 1 aromatic rings. The van der Waals surface area contributed by atoms with Crippen LogP contribution in [0, 0.1) is 5.92 Å². The highest BCUT2D eigenvalue weighted by molar-refractivity contribution is 9.10. The van der Waals surface area contributed by atoms with E-state index in [0.29, 0.717) is 6.54 Å². The second-order valence-corrected chi connectivity index (χ2v) is 6.99. The quantitative estimate of drug-likeness (QED) is 0.900. The lowest BCUT2D eigenvalue weighted by molar-refractivity contribution is -0.131. The minimum absolute atomic E-state index is 0.0480. The molecule has 1 N–H and O–H groups in total. The second-order valence-electron chi connectivity index (χ2n) is 6.08. The van der Waals surface area contributed by atoms with Crippen molar-refractivity contribution in [2.24, 2.45) is 5.92 Å². The highest BCUT2D eigenvalue weighted by atomic mass is 79.9. The molecule has 0 radical (unpaired) electrons. The van der Waals surface area contributed by atoms with Gasteiger partial charge in [0.05, 0.1) is 5.92 Å². The van der Waals surface area contributed by atoms with Crippen LogP contribution in [0.15, 0.2) is 28.7 Å². The lowest BCUT2D eigenvalue weighted by atomic mass is 10.1. The van der Waals surface area contributed by atoms with E-state index in [0.717, 1.165) is 10.2 Å². The monoisotopic (exact) mass is 338 g/mol. The smallest absolute Gasteiger partial charge is 0.229 e. The number of anilines is 1. The van der Waals surface area contributed by atoms with Crippen LogP contribution < -0.4 is 5.32 Å². The van der Waals surface area contributed by atoms with Gasteiger partial charge in [0.15, 0.2) is 0 Å². The van der Waals surface area contributed by atoms with Crippen LogP contribution in [0.5, 0.6) is 0 Å². The van der Waals surface area contributed by atoms with Gasteiger partial charge in [0, 0.05) is 28.7 Å². The van der Waals surface area contributed by atoms with Gasteiger partial charge in [-0.2, -0.15) is 0 Å². The van der Waals surface area contributed by atoms with Crippen molar-refractivity contribution < 1.29 is 9.59 Å². The first-order valence-corrected chi connectivity index (χ1v) is 7.43. The normalized spacial score (nSPS) is 19.3. The summed E-state index contributed by atoms with van der Waals surface area (Å²) in [6.45, 7) is 6.45. The summed E-state index contributed by atoms with van der Waals surface area (Å²) in [5.41, 5.74) is 0.507. The van der Waals surface area contributed by atoms with E-state index in [1.807, 2.05) is 45.0 Å². The van der Waals surface area contributed by atoms with Gasteiger partial charge in [-0.25, -0.2) is 0 Å². The summed E-state index contributed by atoms with van der Waals surface area (Å²) < 4.78 is 0.911. The molecule has 4 nitrogen and oxygen atoms in total. The Morgan fingerprint density at radius 2 is 2.10 bits per heavy atom. The molecule has 2 rings (SSSR count). The van der Waals surface area contributed by atoms with Crippen molar-refractivity contribution in [3.05, 3.63) is 28.7 Å². The van der Waals surface area contributed by atoms with Crippen molar-refractivity contribution in [1.82, 2.24) is 4.90 Å². The van der Waals surface area contributed by atoms with E-state index in [9.17, 15) is 9.59 Å². The van der Waals surface area contributed by atoms with E-state index in [-0.39, 0.29) is 29.7 Å². The van der Waals surface area contributed by atoms with Crippen molar-refractivity contribution >= 4 is 33.4 Å². The summed E-state index contributed by atoms with van der Waals surface area (Å²) in [5.74, 6) is -0.323. The standard InChI is InChI=1S/C15H19BrN2O2/c1-15(2,3)18-9-10(7-13(18)19)14(20)17-12-6-4-5-11(16)8-12/h4-6,8,10H,7,9H2,1-3H3,(H,17,20)/t10-/m0/s1. The van der Waals surface area contributed by atoms with Gasteiger partial charge in [-0.15, -0.1) is 0 Å². The lowest BCUT2D eigenvalue weighted by Crippen LogP contribution is -2.42. The largest absolute Gasteiger partial charge is 0.337 e. The third-order valence-electron chi connectivity index (χ3n) is 3.40. The maximum absolute atomic E-state index is 12.2. The number of carbonyl (C=O) groups excluding carboxylic acids is 2. The molecule has 1 aliphatic rings. The van der Waals surface area contributed by atoms with Gasteiger partial charge in [0.1, 0.15) is 0 Å². The summed E-state index contributed by atoms with van der Waals surface area (Å²) in [6.07, 6.45) is 0.289. The molecule has 108 valence electrons. The van der Waals surface area contributed by atoms with E-state index in [2.05, 4.69) is 21.2 Å². The minimum atomic E-state index is -0.277. The third kappa shape index (κ3) is 3.39. The zero-order valence-electron chi connectivity index (χ0n) is 11.9. The number of likely N-dealkylation sites (tertiary alicyclic amines) is 1. The molecule has 1 atom stereocenters. The molecule has 1 aromatic carbocycles. The SMILES string of the molecule is CC(C)(C)N1C[C@@H](C(=O)Nc2cccc(Br)c2)CC1=O. The molecule has 0 bridgehead atoms. The molecule has 20 heavy (non-hydrogen) atoms. The highest BCUT2D eigenvalue weighted by Crippen LogP contribution is 2.27. The van der Waals surface area contributed by atoms with E-state index >= 15 is 0 Å². The van der Waals surface area contributed by atoms with Crippen molar-refractivity contribution in [2.75, 3.05) is 11.9 Å². The van der Waals surface area contributed by atoms with Crippen molar-refractivity contribution in [3.63, 3.8) is 0 Å². The van der Waals surface area contributed by atoms with Crippen LogP contribution in [0.4, 0.5) is 5.69 Å². The molecule has 2 amide bonds. The minimum Gasteiger partial charge on any atom is -0.337 e. The van der Waals surface area contributed by atoms with Gasteiger partial charge >= 0.3 is 0 Å². The molecule has 1 fully saturated rings. The first kappa shape index (κ1) is 15.0. The Labute approximate surface area is 127 Å². The fourth-order valence-corrected chi connectivity index (χ4v) is 2.74. The predicted octanol–water partition coefficient (Wildman–Crippen LogP) is 3.03. The van der Waals surface area contributed by atoms with Gasteiger partial charge in [0.25, 0.3) is 0 Å². The Balaban J connectivity index is 2.03. The van der Waals surface area contributed by atoms with Crippen molar-refractivity contribution in [2.45, 2.75) is 32.7 Å². The summed E-state index contributed by atoms with van der Waals surface area (Å²) in [4.78, 5) is 26.0. The number of benzene rings is 1. The zero-order valence-corrected chi connectivity index (χ0v) is 13.5. The lowest BCUT2D eigenvalue weighted by Gasteiger charge is -2.31. The van der Waals surface area contributed by atoms with E-state index < -0.39 is 0 Å². The number of hydrogen-bond donors (Lipinski definition) is 1. The van der Waals surface area contributed by atoms with Gasteiger partial charge < -0.3 is 10.2 Å². The molecule has 1 aliphatic heterocycles. The maximum Gasteiger partial charge on any atom is 0.229 e. The highest BCUT2D eigenvalue weighted by Gasteiger charge is 2.39. The Bertz CT molecular complexity index is 537. The molecule has 0 spiro atoms. The van der Waals surface area contributed by atoms with E-state index in [1.54, 1.807) is 4.90 Å². The molecule has 0 aliphatic carbocycles. The van der Waals surface area contributed by atoms with E-state index in [4.69, 9.17) is 0 Å². The Morgan fingerprint density at radius 1 is 1.40 bits per heavy atom. The predicted molar refractivity (Wildman–Crippen MR) is 82.3 cm³/mol. The number of rotatable bonds is 2. The second kappa shape index (κ2) is 5.56. The number of halogens is 1. The zero-order chi connectivity index (χ0) is 14.9. The summed E-state index contributed by atoms with van der Waals surface area (Å²) in [5, 5.41) is 2.87. The number of carbonyl (C=O) groups is 2. The van der Waals surface area contributed by atoms with Crippen LogP contribution in [0.1, 0.15) is 27.2 Å². The van der Waals surface area contributed by atoms with E-state index in [1.165, 1.54) is 0 Å². The molecular weight excluding hydrogens is 320 g/mol. The number of nitrogens with one attached hydrogen (secondary N) is 1.